The summed E-state index contributed by atoms with van der Waals surface area (Å²) in [4.78, 5) is 18.9. The number of carbonyl (C=O) groups excluding carboxylic acids is 1. The van der Waals surface area contributed by atoms with Gasteiger partial charge in [0.1, 0.15) is 0 Å². The van der Waals surface area contributed by atoms with E-state index in [0.717, 1.165) is 20.8 Å². The highest BCUT2D eigenvalue weighted by Gasteiger charge is 2.15. The predicted molar refractivity (Wildman–Crippen MR) is 72.6 cm³/mol. The van der Waals surface area contributed by atoms with Crippen LogP contribution >= 0.6 is 15.9 Å². The van der Waals surface area contributed by atoms with Gasteiger partial charge >= 0.3 is 5.97 Å². The molecule has 2 aromatic heterocycles. The summed E-state index contributed by atoms with van der Waals surface area (Å²) in [6.07, 6.45) is 1.61. The van der Waals surface area contributed by atoms with Gasteiger partial charge in [-0.3, -0.25) is 0 Å². The molecule has 0 radical (unpaired) electrons. The summed E-state index contributed by atoms with van der Waals surface area (Å²) in [6.45, 7) is 0. The molecule has 2 heterocycles. The first-order valence-corrected chi connectivity index (χ1v) is 6.14. The first kappa shape index (κ1) is 11.2. The number of benzene rings is 1. The van der Waals surface area contributed by atoms with E-state index in [2.05, 4.69) is 25.9 Å². The number of aromatic nitrogens is 2. The van der Waals surface area contributed by atoms with Gasteiger partial charge in [0.25, 0.3) is 0 Å². The molecule has 1 N–H and O–H groups in total. The molecule has 3 aromatic rings. The lowest BCUT2D eigenvalue weighted by Gasteiger charge is -1.99. The Balaban J connectivity index is 2.42. The van der Waals surface area contributed by atoms with E-state index in [4.69, 9.17) is 4.74 Å². The topological polar surface area (TPSA) is 55.0 Å². The SMILES string of the molecule is COC(=O)c1nccc2c1[nH]c1cc(Br)ccc12. The van der Waals surface area contributed by atoms with Crippen LogP contribution in [0, 0.1) is 0 Å². The highest BCUT2D eigenvalue weighted by atomic mass is 79.9. The summed E-state index contributed by atoms with van der Waals surface area (Å²) in [5.74, 6) is -0.439. The molecular weight excluding hydrogens is 296 g/mol. The van der Waals surface area contributed by atoms with E-state index in [1.54, 1.807) is 6.20 Å². The molecule has 3 rings (SSSR count). The maximum absolute atomic E-state index is 11.7. The van der Waals surface area contributed by atoms with Crippen LogP contribution < -0.4 is 0 Å². The molecule has 18 heavy (non-hydrogen) atoms. The number of hydrogen-bond acceptors (Lipinski definition) is 3. The molecule has 0 amide bonds. The van der Waals surface area contributed by atoms with Gasteiger partial charge in [0, 0.05) is 27.0 Å². The predicted octanol–water partition coefficient (Wildman–Crippen LogP) is 3.27. The van der Waals surface area contributed by atoms with Crippen LogP contribution in [0.2, 0.25) is 0 Å². The third-order valence-electron chi connectivity index (χ3n) is 2.86. The average molecular weight is 305 g/mol. The Morgan fingerprint density at radius 1 is 1.33 bits per heavy atom. The van der Waals surface area contributed by atoms with E-state index in [1.165, 1.54) is 7.11 Å². The number of nitrogens with one attached hydrogen (secondary N) is 1. The fraction of sp³-hybridized carbons (Fsp3) is 0.0769. The molecule has 4 nitrogen and oxygen atoms in total. The molecule has 5 heteroatoms. The number of pyridine rings is 1. The highest BCUT2D eigenvalue weighted by molar-refractivity contribution is 9.10. The number of nitrogens with zero attached hydrogens (tertiary/aromatic N) is 1. The van der Waals surface area contributed by atoms with E-state index in [-0.39, 0.29) is 0 Å². The van der Waals surface area contributed by atoms with Gasteiger partial charge in [-0.05, 0) is 18.2 Å². The van der Waals surface area contributed by atoms with Gasteiger partial charge in [-0.1, -0.05) is 22.0 Å². The third-order valence-corrected chi connectivity index (χ3v) is 3.35. The second-order valence-electron chi connectivity index (χ2n) is 3.89. The van der Waals surface area contributed by atoms with E-state index in [1.807, 2.05) is 24.3 Å². The van der Waals surface area contributed by atoms with Gasteiger partial charge in [0.05, 0.1) is 12.6 Å². The molecule has 0 aliphatic rings. The quantitative estimate of drug-likeness (QED) is 0.702. The van der Waals surface area contributed by atoms with Crippen LogP contribution in [0.5, 0.6) is 0 Å². The molecule has 0 aliphatic carbocycles. The zero-order valence-electron chi connectivity index (χ0n) is 9.53. The van der Waals surface area contributed by atoms with Crippen molar-refractivity contribution in [2.24, 2.45) is 0 Å². The van der Waals surface area contributed by atoms with E-state index in [0.29, 0.717) is 11.2 Å². The zero-order chi connectivity index (χ0) is 12.7. The molecule has 0 spiro atoms. The second-order valence-corrected chi connectivity index (χ2v) is 4.80. The second kappa shape index (κ2) is 4.10. The van der Waals surface area contributed by atoms with Crippen LogP contribution in [0.1, 0.15) is 10.5 Å². The Labute approximate surface area is 111 Å². The van der Waals surface area contributed by atoms with Crippen molar-refractivity contribution in [1.82, 2.24) is 9.97 Å². The molecule has 0 saturated heterocycles. The third kappa shape index (κ3) is 1.59. The van der Waals surface area contributed by atoms with Crippen molar-refractivity contribution < 1.29 is 9.53 Å². The first-order valence-electron chi connectivity index (χ1n) is 5.35. The normalized spacial score (nSPS) is 11.0. The molecule has 0 fully saturated rings. The van der Waals surface area contributed by atoms with Crippen molar-refractivity contribution in [2.75, 3.05) is 7.11 Å². The summed E-state index contributed by atoms with van der Waals surface area (Å²) in [5.41, 5.74) is 1.97. The Morgan fingerprint density at radius 3 is 2.94 bits per heavy atom. The van der Waals surface area contributed by atoms with Gasteiger partial charge in [-0.15, -0.1) is 0 Å². The summed E-state index contributed by atoms with van der Waals surface area (Å²) in [6, 6.07) is 7.82. The Morgan fingerprint density at radius 2 is 2.17 bits per heavy atom. The summed E-state index contributed by atoms with van der Waals surface area (Å²) in [7, 11) is 1.35. The number of halogens is 1. The molecule has 90 valence electrons. The van der Waals surface area contributed by atoms with Gasteiger partial charge in [0.2, 0.25) is 0 Å². The van der Waals surface area contributed by atoms with E-state index >= 15 is 0 Å². The lowest BCUT2D eigenvalue weighted by atomic mass is 10.1. The maximum Gasteiger partial charge on any atom is 0.358 e. The van der Waals surface area contributed by atoms with Crippen molar-refractivity contribution in [1.29, 1.82) is 0 Å². The summed E-state index contributed by atoms with van der Waals surface area (Å²) >= 11 is 3.42. The Hall–Kier alpha value is -1.88. The van der Waals surface area contributed by atoms with Gasteiger partial charge in [-0.25, -0.2) is 9.78 Å². The van der Waals surface area contributed by atoms with E-state index in [9.17, 15) is 4.79 Å². The highest BCUT2D eigenvalue weighted by Crippen LogP contribution is 2.28. The van der Waals surface area contributed by atoms with Crippen LogP contribution in [0.25, 0.3) is 21.8 Å². The lowest BCUT2D eigenvalue weighted by Crippen LogP contribution is -2.04. The number of esters is 1. The Kier molecular flexibility index (Phi) is 2.56. The fourth-order valence-electron chi connectivity index (χ4n) is 2.05. The molecular formula is C13H9BrN2O2. The molecule has 0 atom stereocenters. The smallest absolute Gasteiger partial charge is 0.358 e. The van der Waals surface area contributed by atoms with Crippen LogP contribution in [-0.2, 0) is 4.74 Å². The molecule has 0 unspecified atom stereocenters. The van der Waals surface area contributed by atoms with Crippen LogP contribution in [0.4, 0.5) is 0 Å². The van der Waals surface area contributed by atoms with Crippen molar-refractivity contribution in [3.8, 4) is 0 Å². The standard InChI is InChI=1S/C13H9BrN2O2/c1-18-13(17)12-11-9(4-5-15-12)8-3-2-7(14)6-10(8)16-11/h2-6,16H,1H3. The van der Waals surface area contributed by atoms with Crippen molar-refractivity contribution in [3.63, 3.8) is 0 Å². The van der Waals surface area contributed by atoms with Crippen LogP contribution in [0.3, 0.4) is 0 Å². The van der Waals surface area contributed by atoms with Gasteiger partial charge in [-0.2, -0.15) is 0 Å². The minimum Gasteiger partial charge on any atom is -0.464 e. The minimum absolute atomic E-state index is 0.308. The molecule has 1 aromatic carbocycles. The lowest BCUT2D eigenvalue weighted by molar-refractivity contribution is 0.0596. The number of ether oxygens (including phenoxy) is 1. The van der Waals surface area contributed by atoms with Crippen molar-refractivity contribution in [2.45, 2.75) is 0 Å². The minimum atomic E-state index is -0.439. The average Bonchev–Trinajstić information content (AvgIpc) is 2.74. The number of methoxy groups -OCH3 is 1. The van der Waals surface area contributed by atoms with Crippen molar-refractivity contribution >= 4 is 43.7 Å². The number of carbonyl (C=O) groups is 1. The van der Waals surface area contributed by atoms with Gasteiger partial charge < -0.3 is 9.72 Å². The maximum atomic E-state index is 11.7. The fourth-order valence-corrected chi connectivity index (χ4v) is 2.41. The first-order chi connectivity index (χ1) is 8.70. The number of aromatic amines is 1. The van der Waals surface area contributed by atoms with Crippen LogP contribution in [0.15, 0.2) is 34.9 Å². The largest absolute Gasteiger partial charge is 0.464 e. The van der Waals surface area contributed by atoms with Crippen LogP contribution in [-0.4, -0.2) is 23.0 Å². The van der Waals surface area contributed by atoms with Gasteiger partial charge in [0.15, 0.2) is 5.69 Å². The zero-order valence-corrected chi connectivity index (χ0v) is 11.1. The van der Waals surface area contributed by atoms with E-state index < -0.39 is 5.97 Å². The molecule has 0 aliphatic heterocycles. The Bertz CT molecular complexity index is 764. The summed E-state index contributed by atoms with van der Waals surface area (Å²) < 4.78 is 5.71. The number of fused-ring (bicyclic) bond motifs is 3. The summed E-state index contributed by atoms with van der Waals surface area (Å²) in [5, 5.41) is 2.02. The number of rotatable bonds is 1. The molecule has 0 bridgehead atoms. The molecule has 0 saturated carbocycles. The number of hydrogen-bond donors (Lipinski definition) is 1. The number of H-pyrrole nitrogens is 1. The van der Waals surface area contributed by atoms with Crippen molar-refractivity contribution in [3.05, 3.63) is 40.6 Å². The monoisotopic (exact) mass is 304 g/mol.